The Morgan fingerprint density at radius 1 is 1.16 bits per heavy atom. The minimum atomic E-state index is -0.390. The van der Waals surface area contributed by atoms with Crippen LogP contribution in [0.3, 0.4) is 0 Å². The van der Waals surface area contributed by atoms with Crippen molar-refractivity contribution in [2.45, 2.75) is 19.9 Å². The Hall–Kier alpha value is -3.15. The van der Waals surface area contributed by atoms with Crippen molar-refractivity contribution in [2.75, 3.05) is 16.8 Å². The summed E-state index contributed by atoms with van der Waals surface area (Å²) in [6.07, 6.45) is 0.325. The summed E-state index contributed by atoms with van der Waals surface area (Å²) in [6, 6.07) is 10.5. The number of amides is 2. The van der Waals surface area contributed by atoms with Crippen molar-refractivity contribution in [3.63, 3.8) is 0 Å². The van der Waals surface area contributed by atoms with Gasteiger partial charge in [-0.05, 0) is 54.4 Å². The highest BCUT2D eigenvalue weighted by atomic mass is 16.5. The first kappa shape index (κ1) is 15.4. The van der Waals surface area contributed by atoms with E-state index >= 15 is 0 Å². The van der Waals surface area contributed by atoms with Crippen LogP contribution in [0.15, 0.2) is 36.4 Å². The summed E-state index contributed by atoms with van der Waals surface area (Å²) in [6.45, 7) is 2.45. The molecule has 6 heteroatoms. The number of nitrogens with zero attached hydrogens (tertiary/aromatic N) is 1. The summed E-state index contributed by atoms with van der Waals surface area (Å²) >= 11 is 0. The Morgan fingerprint density at radius 3 is 2.80 bits per heavy atom. The van der Waals surface area contributed by atoms with Crippen LogP contribution in [0.1, 0.15) is 38.8 Å². The zero-order chi connectivity index (χ0) is 17.6. The van der Waals surface area contributed by atoms with Gasteiger partial charge in [-0.25, -0.2) is 4.79 Å². The zero-order valence-electron chi connectivity index (χ0n) is 13.7. The molecule has 4 rings (SSSR count). The first-order valence-electron chi connectivity index (χ1n) is 8.11. The third-order valence-electron chi connectivity index (χ3n) is 4.45. The number of esters is 1. The van der Waals surface area contributed by atoms with Gasteiger partial charge in [0.1, 0.15) is 0 Å². The summed E-state index contributed by atoms with van der Waals surface area (Å²) < 4.78 is 5.01. The molecule has 2 aromatic rings. The van der Waals surface area contributed by atoms with Crippen LogP contribution in [0.25, 0.3) is 0 Å². The zero-order valence-corrected chi connectivity index (χ0v) is 13.7. The van der Waals surface area contributed by atoms with Crippen molar-refractivity contribution in [1.82, 2.24) is 0 Å². The van der Waals surface area contributed by atoms with Crippen LogP contribution in [0.5, 0.6) is 0 Å². The van der Waals surface area contributed by atoms with E-state index in [0.29, 0.717) is 30.7 Å². The first-order chi connectivity index (χ1) is 12.1. The molecule has 2 amide bonds. The molecule has 2 aliphatic heterocycles. The number of nitrogens with one attached hydrogen (secondary N) is 1. The van der Waals surface area contributed by atoms with Crippen LogP contribution in [0.4, 0.5) is 11.4 Å². The Morgan fingerprint density at radius 2 is 2.00 bits per heavy atom. The van der Waals surface area contributed by atoms with Crippen molar-refractivity contribution < 1.29 is 19.1 Å². The van der Waals surface area contributed by atoms with E-state index in [-0.39, 0.29) is 11.8 Å². The SMILES string of the molecule is CCOC(=O)c1ccc2c(c1)CN(c1ccc3c(c1)CC(=O)N3)C2=O. The van der Waals surface area contributed by atoms with Crippen molar-refractivity contribution in [2.24, 2.45) is 0 Å². The molecule has 0 bridgehead atoms. The second-order valence-electron chi connectivity index (χ2n) is 6.05. The van der Waals surface area contributed by atoms with E-state index in [4.69, 9.17) is 4.74 Å². The second kappa shape index (κ2) is 5.73. The molecule has 2 heterocycles. The molecule has 1 N–H and O–H groups in total. The molecule has 0 fully saturated rings. The average Bonchev–Trinajstić information content (AvgIpc) is 3.13. The largest absolute Gasteiger partial charge is 0.462 e. The number of rotatable bonds is 3. The minimum absolute atomic E-state index is 0.0396. The summed E-state index contributed by atoms with van der Waals surface area (Å²) in [5, 5.41) is 2.78. The number of carbonyl (C=O) groups is 3. The van der Waals surface area contributed by atoms with Gasteiger partial charge in [0.25, 0.3) is 5.91 Å². The Kier molecular flexibility index (Phi) is 3.53. The minimum Gasteiger partial charge on any atom is -0.462 e. The van der Waals surface area contributed by atoms with Gasteiger partial charge >= 0.3 is 5.97 Å². The third-order valence-corrected chi connectivity index (χ3v) is 4.45. The predicted octanol–water partition coefficient (Wildman–Crippen LogP) is 2.52. The molecule has 0 radical (unpaired) electrons. The van der Waals surface area contributed by atoms with E-state index in [1.165, 1.54) is 0 Å². The smallest absolute Gasteiger partial charge is 0.338 e. The quantitative estimate of drug-likeness (QED) is 0.874. The molecule has 2 aromatic carbocycles. The van der Waals surface area contributed by atoms with Gasteiger partial charge in [-0.2, -0.15) is 0 Å². The van der Waals surface area contributed by atoms with Crippen LogP contribution < -0.4 is 10.2 Å². The number of hydrogen-bond donors (Lipinski definition) is 1. The summed E-state index contributed by atoms with van der Waals surface area (Å²) in [5.41, 5.74) is 4.25. The number of benzene rings is 2. The van der Waals surface area contributed by atoms with Gasteiger partial charge in [0.15, 0.2) is 0 Å². The fourth-order valence-electron chi connectivity index (χ4n) is 3.25. The van der Waals surface area contributed by atoms with Gasteiger partial charge < -0.3 is 15.0 Å². The van der Waals surface area contributed by atoms with Crippen LogP contribution in [-0.2, 0) is 22.5 Å². The van der Waals surface area contributed by atoms with Gasteiger partial charge in [-0.15, -0.1) is 0 Å². The van der Waals surface area contributed by atoms with E-state index in [1.807, 2.05) is 18.2 Å². The summed E-state index contributed by atoms with van der Waals surface area (Å²) in [4.78, 5) is 37.7. The molecule has 6 nitrogen and oxygen atoms in total. The fourth-order valence-corrected chi connectivity index (χ4v) is 3.25. The van der Waals surface area contributed by atoms with Crippen LogP contribution >= 0.6 is 0 Å². The fraction of sp³-hybridized carbons (Fsp3) is 0.211. The molecule has 0 saturated carbocycles. The lowest BCUT2D eigenvalue weighted by Crippen LogP contribution is -2.22. The lowest BCUT2D eigenvalue weighted by molar-refractivity contribution is -0.115. The Bertz CT molecular complexity index is 920. The predicted molar refractivity (Wildman–Crippen MR) is 91.7 cm³/mol. The molecule has 2 aliphatic rings. The van der Waals surface area contributed by atoms with E-state index in [9.17, 15) is 14.4 Å². The monoisotopic (exact) mass is 336 g/mol. The molecule has 0 atom stereocenters. The molecular weight excluding hydrogens is 320 g/mol. The van der Waals surface area contributed by atoms with Crippen LogP contribution in [0, 0.1) is 0 Å². The highest BCUT2D eigenvalue weighted by molar-refractivity contribution is 6.11. The Balaban J connectivity index is 1.63. The van der Waals surface area contributed by atoms with Crippen molar-refractivity contribution in [3.8, 4) is 0 Å². The number of anilines is 2. The maximum absolute atomic E-state index is 12.7. The molecule has 0 unspecified atom stereocenters. The molecule has 0 saturated heterocycles. The number of ether oxygens (including phenoxy) is 1. The standard InChI is InChI=1S/C19H16N2O4/c1-2-25-19(24)11-3-5-15-13(7-11)10-21(18(15)23)14-4-6-16-12(8-14)9-17(22)20-16/h3-8H,2,9-10H2,1H3,(H,20,22). The average molecular weight is 336 g/mol. The van der Waals surface area contributed by atoms with Gasteiger partial charge in [0.2, 0.25) is 5.91 Å². The van der Waals surface area contributed by atoms with Gasteiger partial charge in [-0.3, -0.25) is 9.59 Å². The van der Waals surface area contributed by atoms with Crippen LogP contribution in [-0.4, -0.2) is 24.4 Å². The van der Waals surface area contributed by atoms with Crippen molar-refractivity contribution in [3.05, 3.63) is 58.7 Å². The highest BCUT2D eigenvalue weighted by Crippen LogP contribution is 2.33. The van der Waals surface area contributed by atoms with Gasteiger partial charge in [-0.1, -0.05) is 0 Å². The van der Waals surface area contributed by atoms with Gasteiger partial charge in [0, 0.05) is 16.9 Å². The van der Waals surface area contributed by atoms with E-state index in [1.54, 1.807) is 30.0 Å². The topological polar surface area (TPSA) is 75.7 Å². The van der Waals surface area contributed by atoms with E-state index in [2.05, 4.69) is 5.32 Å². The highest BCUT2D eigenvalue weighted by Gasteiger charge is 2.30. The third kappa shape index (κ3) is 2.55. The van der Waals surface area contributed by atoms with Crippen molar-refractivity contribution >= 4 is 29.2 Å². The first-order valence-corrected chi connectivity index (χ1v) is 8.11. The molecular formula is C19H16N2O4. The number of hydrogen-bond acceptors (Lipinski definition) is 4. The molecule has 126 valence electrons. The normalized spacial score (nSPS) is 15.0. The number of fused-ring (bicyclic) bond motifs is 2. The van der Waals surface area contributed by atoms with E-state index in [0.717, 1.165) is 22.5 Å². The van der Waals surface area contributed by atoms with E-state index < -0.39 is 5.97 Å². The second-order valence-corrected chi connectivity index (χ2v) is 6.05. The maximum atomic E-state index is 12.7. The lowest BCUT2D eigenvalue weighted by atomic mass is 10.1. The molecule has 0 aliphatic carbocycles. The lowest BCUT2D eigenvalue weighted by Gasteiger charge is -2.16. The van der Waals surface area contributed by atoms with Crippen molar-refractivity contribution in [1.29, 1.82) is 0 Å². The summed E-state index contributed by atoms with van der Waals surface area (Å²) in [7, 11) is 0. The van der Waals surface area contributed by atoms with Gasteiger partial charge in [0.05, 0.1) is 25.1 Å². The molecule has 0 aromatic heterocycles. The maximum Gasteiger partial charge on any atom is 0.338 e. The van der Waals surface area contributed by atoms with Crippen LogP contribution in [0.2, 0.25) is 0 Å². The molecule has 25 heavy (non-hydrogen) atoms. The number of carbonyl (C=O) groups excluding carboxylic acids is 3. The molecule has 0 spiro atoms. The summed E-state index contributed by atoms with van der Waals surface area (Å²) in [5.74, 6) is -0.539. The Labute approximate surface area is 144 Å².